The number of aromatic nitrogens is 3. The average molecular weight is 322 g/mol. The Bertz CT molecular complexity index is 541. The van der Waals surface area contributed by atoms with Crippen LogP contribution in [-0.4, -0.2) is 45.0 Å². The van der Waals surface area contributed by atoms with Crippen molar-refractivity contribution < 1.29 is 5.11 Å². The molecule has 1 fully saturated rings. The van der Waals surface area contributed by atoms with E-state index in [0.29, 0.717) is 6.54 Å². The SMILES string of the molecule is CCNC(=NCc1nnc(C)n1C)NCC1(C)CCCCC1O. The standard InChI is InChI=1S/C16H30N6O/c1-5-17-15(18-10-14-21-20-12(2)22(14)4)19-11-16(3)9-7-6-8-13(16)23/h13,23H,5-11H2,1-4H3,(H2,17,18,19). The van der Waals surface area contributed by atoms with Gasteiger partial charge in [0.25, 0.3) is 0 Å². The topological polar surface area (TPSA) is 87.4 Å². The van der Waals surface area contributed by atoms with Crippen LogP contribution in [0.15, 0.2) is 4.99 Å². The lowest BCUT2D eigenvalue weighted by molar-refractivity contribution is 0.00397. The first-order valence-electron chi connectivity index (χ1n) is 8.51. The number of hydrogen-bond donors (Lipinski definition) is 3. The minimum Gasteiger partial charge on any atom is -0.392 e. The quantitative estimate of drug-likeness (QED) is 0.558. The molecule has 0 aliphatic heterocycles. The van der Waals surface area contributed by atoms with Gasteiger partial charge in [0.2, 0.25) is 0 Å². The maximum Gasteiger partial charge on any atom is 0.191 e. The van der Waals surface area contributed by atoms with Crippen molar-refractivity contribution in [3.63, 3.8) is 0 Å². The summed E-state index contributed by atoms with van der Waals surface area (Å²) in [5.74, 6) is 2.47. The van der Waals surface area contributed by atoms with Gasteiger partial charge < -0.3 is 20.3 Å². The third-order valence-corrected chi connectivity index (χ3v) is 4.85. The molecular formula is C16H30N6O. The second-order valence-electron chi connectivity index (χ2n) is 6.69. The van der Waals surface area contributed by atoms with Crippen molar-refractivity contribution in [2.45, 2.75) is 59.1 Å². The van der Waals surface area contributed by atoms with Crippen molar-refractivity contribution in [1.82, 2.24) is 25.4 Å². The Morgan fingerprint density at radius 1 is 1.39 bits per heavy atom. The van der Waals surface area contributed by atoms with Gasteiger partial charge in [-0.05, 0) is 26.7 Å². The Hall–Kier alpha value is -1.63. The minimum absolute atomic E-state index is 0.0875. The molecule has 0 saturated heterocycles. The van der Waals surface area contributed by atoms with Crippen molar-refractivity contribution in [3.05, 3.63) is 11.6 Å². The van der Waals surface area contributed by atoms with Gasteiger partial charge in [0.15, 0.2) is 11.8 Å². The van der Waals surface area contributed by atoms with E-state index in [4.69, 9.17) is 0 Å². The van der Waals surface area contributed by atoms with E-state index in [2.05, 4.69) is 32.7 Å². The Morgan fingerprint density at radius 2 is 2.17 bits per heavy atom. The molecule has 7 heteroatoms. The van der Waals surface area contributed by atoms with Gasteiger partial charge in [-0.2, -0.15) is 0 Å². The van der Waals surface area contributed by atoms with Crippen LogP contribution in [0.25, 0.3) is 0 Å². The zero-order chi connectivity index (χ0) is 16.9. The van der Waals surface area contributed by atoms with Gasteiger partial charge in [-0.15, -0.1) is 10.2 Å². The van der Waals surface area contributed by atoms with E-state index < -0.39 is 0 Å². The molecule has 130 valence electrons. The predicted octanol–water partition coefficient (Wildman–Crippen LogP) is 1.12. The van der Waals surface area contributed by atoms with Crippen LogP contribution in [0.4, 0.5) is 0 Å². The maximum atomic E-state index is 10.3. The molecule has 0 amide bonds. The highest BCUT2D eigenvalue weighted by molar-refractivity contribution is 5.79. The summed E-state index contributed by atoms with van der Waals surface area (Å²) in [7, 11) is 1.94. The lowest BCUT2D eigenvalue weighted by Crippen LogP contribution is -2.48. The van der Waals surface area contributed by atoms with Crippen LogP contribution in [0.2, 0.25) is 0 Å². The number of aliphatic hydroxyl groups is 1. The second kappa shape index (κ2) is 7.77. The number of aliphatic imine (C=N–C) groups is 1. The lowest BCUT2D eigenvalue weighted by atomic mass is 9.73. The largest absolute Gasteiger partial charge is 0.392 e. The molecule has 1 aromatic rings. The molecular weight excluding hydrogens is 292 g/mol. The third-order valence-electron chi connectivity index (χ3n) is 4.85. The molecule has 1 saturated carbocycles. The average Bonchev–Trinajstić information content (AvgIpc) is 2.85. The van der Waals surface area contributed by atoms with Crippen molar-refractivity contribution in [1.29, 1.82) is 0 Å². The van der Waals surface area contributed by atoms with Gasteiger partial charge in [0.05, 0.1) is 6.10 Å². The Kier molecular flexibility index (Phi) is 5.98. The van der Waals surface area contributed by atoms with E-state index in [1.54, 1.807) is 0 Å². The molecule has 0 bridgehead atoms. The highest BCUT2D eigenvalue weighted by Crippen LogP contribution is 2.35. The van der Waals surface area contributed by atoms with Crippen LogP contribution < -0.4 is 10.6 Å². The fraction of sp³-hybridized carbons (Fsp3) is 0.812. The fourth-order valence-corrected chi connectivity index (χ4v) is 2.95. The van der Waals surface area contributed by atoms with Gasteiger partial charge in [0.1, 0.15) is 12.4 Å². The molecule has 1 heterocycles. The minimum atomic E-state index is -0.243. The van der Waals surface area contributed by atoms with E-state index in [0.717, 1.165) is 50.0 Å². The Balaban J connectivity index is 1.97. The molecule has 1 aromatic heterocycles. The maximum absolute atomic E-state index is 10.3. The molecule has 0 spiro atoms. The summed E-state index contributed by atoms with van der Waals surface area (Å²) in [4.78, 5) is 4.59. The monoisotopic (exact) mass is 322 g/mol. The van der Waals surface area contributed by atoms with Crippen molar-refractivity contribution in [2.75, 3.05) is 13.1 Å². The lowest BCUT2D eigenvalue weighted by Gasteiger charge is -2.38. The van der Waals surface area contributed by atoms with E-state index in [9.17, 15) is 5.11 Å². The summed E-state index contributed by atoms with van der Waals surface area (Å²) in [6, 6.07) is 0. The van der Waals surface area contributed by atoms with Gasteiger partial charge in [-0.3, -0.25) is 0 Å². The molecule has 0 radical (unpaired) electrons. The second-order valence-corrected chi connectivity index (χ2v) is 6.69. The summed E-state index contributed by atoms with van der Waals surface area (Å²) in [6.45, 7) is 8.11. The highest BCUT2D eigenvalue weighted by atomic mass is 16.3. The summed E-state index contributed by atoms with van der Waals surface area (Å²) in [6.07, 6.45) is 4.00. The molecule has 2 unspecified atom stereocenters. The number of hydrogen-bond acceptors (Lipinski definition) is 4. The zero-order valence-corrected chi connectivity index (χ0v) is 14.8. The van der Waals surface area contributed by atoms with Crippen LogP contribution in [-0.2, 0) is 13.6 Å². The summed E-state index contributed by atoms with van der Waals surface area (Å²) < 4.78 is 1.94. The van der Waals surface area contributed by atoms with Gasteiger partial charge >= 0.3 is 0 Å². The summed E-state index contributed by atoms with van der Waals surface area (Å²) in [5, 5.41) is 25.1. The first-order chi connectivity index (χ1) is 11.0. The van der Waals surface area contributed by atoms with E-state index in [1.807, 2.05) is 25.5 Å². The summed E-state index contributed by atoms with van der Waals surface area (Å²) in [5.41, 5.74) is -0.0875. The van der Waals surface area contributed by atoms with Crippen LogP contribution in [0.3, 0.4) is 0 Å². The van der Waals surface area contributed by atoms with Crippen molar-refractivity contribution in [3.8, 4) is 0 Å². The molecule has 1 aliphatic rings. The number of aryl methyl sites for hydroxylation is 1. The first-order valence-corrected chi connectivity index (χ1v) is 8.51. The van der Waals surface area contributed by atoms with Gasteiger partial charge in [0, 0.05) is 25.6 Å². The Morgan fingerprint density at radius 3 is 2.78 bits per heavy atom. The molecule has 2 rings (SSSR count). The van der Waals surface area contributed by atoms with Crippen LogP contribution in [0, 0.1) is 12.3 Å². The van der Waals surface area contributed by atoms with Crippen LogP contribution in [0.1, 0.15) is 51.2 Å². The third kappa shape index (κ3) is 4.43. The highest BCUT2D eigenvalue weighted by Gasteiger charge is 2.35. The molecule has 1 aliphatic carbocycles. The number of aliphatic hydroxyl groups excluding tert-OH is 1. The Labute approximate surface area is 138 Å². The van der Waals surface area contributed by atoms with Crippen molar-refractivity contribution >= 4 is 5.96 Å². The zero-order valence-electron chi connectivity index (χ0n) is 14.8. The van der Waals surface area contributed by atoms with Crippen LogP contribution in [0.5, 0.6) is 0 Å². The fourth-order valence-electron chi connectivity index (χ4n) is 2.95. The van der Waals surface area contributed by atoms with E-state index in [-0.39, 0.29) is 11.5 Å². The first kappa shape index (κ1) is 17.7. The smallest absolute Gasteiger partial charge is 0.191 e. The number of nitrogens with one attached hydrogen (secondary N) is 2. The predicted molar refractivity (Wildman–Crippen MR) is 91.1 cm³/mol. The molecule has 2 atom stereocenters. The normalized spacial score (nSPS) is 25.4. The molecule has 23 heavy (non-hydrogen) atoms. The number of rotatable bonds is 5. The van der Waals surface area contributed by atoms with Gasteiger partial charge in [-0.25, -0.2) is 4.99 Å². The molecule has 7 nitrogen and oxygen atoms in total. The van der Waals surface area contributed by atoms with E-state index >= 15 is 0 Å². The van der Waals surface area contributed by atoms with E-state index in [1.165, 1.54) is 6.42 Å². The van der Waals surface area contributed by atoms with Crippen molar-refractivity contribution in [2.24, 2.45) is 17.5 Å². The number of nitrogens with zero attached hydrogens (tertiary/aromatic N) is 4. The molecule has 3 N–H and O–H groups in total. The van der Waals surface area contributed by atoms with Crippen LogP contribution >= 0.6 is 0 Å². The number of guanidine groups is 1. The summed E-state index contributed by atoms with van der Waals surface area (Å²) >= 11 is 0. The molecule has 0 aromatic carbocycles. The van der Waals surface area contributed by atoms with Gasteiger partial charge in [-0.1, -0.05) is 19.8 Å².